The molecule has 0 saturated carbocycles. The van der Waals surface area contributed by atoms with Crippen molar-refractivity contribution in [2.24, 2.45) is 0 Å². The zero-order valence-electron chi connectivity index (χ0n) is 24.0. The van der Waals surface area contributed by atoms with Crippen molar-refractivity contribution in [1.82, 2.24) is 13.4 Å². The van der Waals surface area contributed by atoms with E-state index < -0.39 is 50.9 Å². The van der Waals surface area contributed by atoms with Gasteiger partial charge in [-0.1, -0.05) is 18.2 Å². The summed E-state index contributed by atoms with van der Waals surface area (Å²) in [5.74, 6) is -0.392. The predicted octanol–water partition coefficient (Wildman–Crippen LogP) is 4.47. The summed E-state index contributed by atoms with van der Waals surface area (Å²) >= 11 is 0. The molecule has 0 radical (unpaired) electrons. The number of aryl methyl sites for hydroxylation is 1. The van der Waals surface area contributed by atoms with Crippen LogP contribution in [0.3, 0.4) is 0 Å². The Hall–Kier alpha value is -4.01. The first-order valence-corrected chi connectivity index (χ1v) is 16.0. The second-order valence-electron chi connectivity index (χ2n) is 11.2. The molecule has 2 aromatic carbocycles. The first-order valence-electron chi connectivity index (χ1n) is 14.6. The van der Waals surface area contributed by atoms with Crippen LogP contribution in [0.4, 0.5) is 13.2 Å². The van der Waals surface area contributed by atoms with Crippen LogP contribution in [0.25, 0.3) is 16.7 Å². The molecule has 2 aliphatic heterocycles. The van der Waals surface area contributed by atoms with Gasteiger partial charge in [0, 0.05) is 55.4 Å². The average molecular weight is 646 g/mol. The van der Waals surface area contributed by atoms with E-state index in [1.807, 2.05) is 0 Å². The summed E-state index contributed by atoms with van der Waals surface area (Å²) in [5, 5.41) is 0.355. The third kappa shape index (κ3) is 6.01. The summed E-state index contributed by atoms with van der Waals surface area (Å²) in [6.45, 7) is 0.790. The summed E-state index contributed by atoms with van der Waals surface area (Å²) in [7, 11) is -4.13. The van der Waals surface area contributed by atoms with E-state index in [4.69, 9.17) is 9.15 Å². The lowest BCUT2D eigenvalue weighted by atomic mass is 10.0. The Morgan fingerprint density at radius 1 is 0.978 bits per heavy atom. The Morgan fingerprint density at radius 2 is 1.69 bits per heavy atom. The van der Waals surface area contributed by atoms with E-state index in [1.54, 1.807) is 24.3 Å². The van der Waals surface area contributed by atoms with Crippen LogP contribution >= 0.6 is 0 Å². The molecule has 0 spiro atoms. The smallest absolute Gasteiger partial charge is 0.416 e. The number of furan rings is 1. The van der Waals surface area contributed by atoms with Crippen LogP contribution in [0.5, 0.6) is 0 Å². The number of carbonyl (C=O) groups excluding carboxylic acids is 1. The van der Waals surface area contributed by atoms with E-state index in [1.165, 1.54) is 12.3 Å². The quantitative estimate of drug-likeness (QED) is 0.277. The van der Waals surface area contributed by atoms with Gasteiger partial charge in [-0.05, 0) is 62.4 Å². The number of ether oxygens (including phenoxy) is 1. The van der Waals surface area contributed by atoms with Gasteiger partial charge in [0.2, 0.25) is 5.09 Å². The number of ketones is 1. The number of hydrogen-bond acceptors (Lipinski definition) is 7. The molecule has 0 aliphatic carbocycles. The fourth-order valence-corrected chi connectivity index (χ4v) is 7.66. The minimum absolute atomic E-state index is 0.100. The first kappa shape index (κ1) is 31.0. The summed E-state index contributed by atoms with van der Waals surface area (Å²) in [4.78, 5) is 40.6. The molecule has 2 aromatic heterocycles. The van der Waals surface area contributed by atoms with Crippen LogP contribution in [0.2, 0.25) is 0 Å². The normalized spacial score (nSPS) is 18.5. The zero-order chi connectivity index (χ0) is 31.9. The lowest BCUT2D eigenvalue weighted by Crippen LogP contribution is -2.44. The maximum Gasteiger partial charge on any atom is 0.416 e. The van der Waals surface area contributed by atoms with Crippen molar-refractivity contribution in [2.45, 2.75) is 61.9 Å². The largest absolute Gasteiger partial charge is 0.443 e. The summed E-state index contributed by atoms with van der Waals surface area (Å²) in [5.41, 5.74) is -1.55. The SMILES string of the molecule is O=C(CCc1cn(-c2ccc(C(F)(F)F)cc2)c(=O)n(C2CCOCC2)c1=O)[C@@H]1CCCN1S(=O)(=O)c1cc2ccccc2o1. The first-order chi connectivity index (χ1) is 21.4. The molecule has 0 amide bonds. The molecular formula is C31H30F3N3O7S. The molecule has 2 aliphatic rings. The summed E-state index contributed by atoms with van der Waals surface area (Å²) in [6.07, 6.45) is -2.05. The topological polar surface area (TPSA) is 121 Å². The molecule has 14 heteroatoms. The second kappa shape index (κ2) is 12.1. The number of Topliss-reactive ketones (excluding diaryl/α,β-unsaturated/α-hetero) is 1. The number of nitrogens with zero attached hydrogens (tertiary/aromatic N) is 3. The van der Waals surface area contributed by atoms with Crippen molar-refractivity contribution < 1.29 is 35.5 Å². The van der Waals surface area contributed by atoms with E-state index >= 15 is 0 Å². The van der Waals surface area contributed by atoms with E-state index in [0.717, 1.165) is 37.7 Å². The van der Waals surface area contributed by atoms with Crippen LogP contribution in [-0.2, 0) is 32.2 Å². The molecule has 0 bridgehead atoms. The second-order valence-corrected chi connectivity index (χ2v) is 13.0. The Kier molecular flexibility index (Phi) is 8.31. The van der Waals surface area contributed by atoms with Gasteiger partial charge in [-0.2, -0.15) is 17.5 Å². The predicted molar refractivity (Wildman–Crippen MR) is 157 cm³/mol. The van der Waals surface area contributed by atoms with E-state index in [2.05, 4.69) is 0 Å². The number of carbonyl (C=O) groups is 1. The van der Waals surface area contributed by atoms with Crippen molar-refractivity contribution >= 4 is 26.8 Å². The number of hydrogen-bond donors (Lipinski definition) is 0. The molecule has 1 atom stereocenters. The number of alkyl halides is 3. The molecule has 0 N–H and O–H groups in total. The van der Waals surface area contributed by atoms with Crippen LogP contribution in [0, 0.1) is 0 Å². The van der Waals surface area contributed by atoms with Crippen molar-refractivity contribution in [1.29, 1.82) is 0 Å². The Balaban J connectivity index is 1.29. The molecule has 6 rings (SSSR count). The third-order valence-electron chi connectivity index (χ3n) is 8.40. The van der Waals surface area contributed by atoms with Gasteiger partial charge in [-0.3, -0.25) is 18.7 Å². The molecule has 0 unspecified atom stereocenters. The van der Waals surface area contributed by atoms with Crippen LogP contribution in [0.15, 0.2) is 79.9 Å². The van der Waals surface area contributed by atoms with Crippen molar-refractivity contribution in [3.05, 3.63) is 92.8 Å². The van der Waals surface area contributed by atoms with Crippen LogP contribution in [0.1, 0.15) is 49.3 Å². The van der Waals surface area contributed by atoms with Crippen LogP contribution in [-0.4, -0.2) is 53.4 Å². The van der Waals surface area contributed by atoms with E-state index in [9.17, 15) is 36.0 Å². The lowest BCUT2D eigenvalue weighted by Gasteiger charge is -2.25. The van der Waals surface area contributed by atoms with Crippen LogP contribution < -0.4 is 11.2 Å². The monoisotopic (exact) mass is 645 g/mol. The molecule has 10 nitrogen and oxygen atoms in total. The molecular weight excluding hydrogens is 615 g/mol. The number of para-hydroxylation sites is 1. The molecule has 238 valence electrons. The lowest BCUT2D eigenvalue weighted by molar-refractivity contribution is -0.137. The maximum atomic E-state index is 13.6. The number of rotatable bonds is 8. The highest BCUT2D eigenvalue weighted by Gasteiger charge is 2.40. The molecule has 4 heterocycles. The van der Waals surface area contributed by atoms with Gasteiger partial charge in [0.1, 0.15) is 5.58 Å². The van der Waals surface area contributed by atoms with Crippen molar-refractivity contribution in [3.8, 4) is 5.69 Å². The molecule has 2 fully saturated rings. The Morgan fingerprint density at radius 3 is 2.38 bits per heavy atom. The highest BCUT2D eigenvalue weighted by atomic mass is 32.2. The number of sulfonamides is 1. The van der Waals surface area contributed by atoms with Gasteiger partial charge in [-0.15, -0.1) is 0 Å². The van der Waals surface area contributed by atoms with Gasteiger partial charge in [-0.25, -0.2) is 13.2 Å². The summed E-state index contributed by atoms with van der Waals surface area (Å²) in [6, 6.07) is 10.8. The van der Waals surface area contributed by atoms with Crippen molar-refractivity contribution in [2.75, 3.05) is 19.8 Å². The van der Waals surface area contributed by atoms with Gasteiger partial charge in [0.25, 0.3) is 15.6 Å². The standard InChI is InChI=1S/C31H30F3N3O7S/c32-31(33,34)22-8-10-23(11-9-22)35-19-21(29(39)37(30(35)40)24-13-16-43-17-14-24)7-12-26(38)25-5-3-15-36(25)45(41,42)28-18-20-4-1-2-6-27(20)44-28/h1-2,4,6,8-11,18-19,24-25H,3,5,7,12-17H2/t25-/m0/s1. The number of aromatic nitrogens is 2. The minimum Gasteiger partial charge on any atom is -0.443 e. The van der Waals surface area contributed by atoms with Gasteiger partial charge in [0.15, 0.2) is 5.78 Å². The zero-order valence-corrected chi connectivity index (χ0v) is 24.9. The highest BCUT2D eigenvalue weighted by Crippen LogP contribution is 2.32. The summed E-state index contributed by atoms with van der Waals surface area (Å²) < 4.78 is 80.8. The number of benzene rings is 2. The fraction of sp³-hybridized carbons (Fsp3) is 0.387. The van der Waals surface area contributed by atoms with Gasteiger partial charge in [0.05, 0.1) is 17.3 Å². The van der Waals surface area contributed by atoms with Gasteiger partial charge < -0.3 is 9.15 Å². The Labute approximate surface area is 255 Å². The number of fused-ring (bicyclic) bond motifs is 1. The Bertz CT molecular complexity index is 1920. The van der Waals surface area contributed by atoms with Crippen molar-refractivity contribution in [3.63, 3.8) is 0 Å². The molecule has 2 saturated heterocycles. The number of halogens is 3. The maximum absolute atomic E-state index is 13.6. The minimum atomic E-state index is -4.57. The third-order valence-corrected chi connectivity index (χ3v) is 10.2. The molecule has 4 aromatic rings. The molecule has 45 heavy (non-hydrogen) atoms. The average Bonchev–Trinajstić information content (AvgIpc) is 3.70. The van der Waals surface area contributed by atoms with E-state index in [-0.39, 0.29) is 35.7 Å². The van der Waals surface area contributed by atoms with E-state index in [0.29, 0.717) is 49.9 Å². The highest BCUT2D eigenvalue weighted by molar-refractivity contribution is 7.89. The van der Waals surface area contributed by atoms with Gasteiger partial charge >= 0.3 is 11.9 Å². The fourth-order valence-electron chi connectivity index (χ4n) is 6.03.